The Kier molecular flexibility index (Phi) is 2.73. The fourth-order valence-corrected chi connectivity index (χ4v) is 1.88. The van der Waals surface area contributed by atoms with Crippen molar-refractivity contribution in [1.29, 1.82) is 0 Å². The molecular weight excluding hydrogens is 152 g/mol. The third-order valence-corrected chi connectivity index (χ3v) is 2.54. The maximum Gasteiger partial charge on any atom is 0.210 e. The number of piperidine rings is 1. The van der Waals surface area contributed by atoms with Gasteiger partial charge >= 0.3 is 0 Å². The van der Waals surface area contributed by atoms with Crippen molar-refractivity contribution < 1.29 is 4.79 Å². The van der Waals surface area contributed by atoms with Gasteiger partial charge in [0.25, 0.3) is 0 Å². The number of hydrogen-bond donors (Lipinski definition) is 1. The van der Waals surface area contributed by atoms with Gasteiger partial charge < -0.3 is 10.6 Å². The fraction of sp³-hybridized carbons (Fsp3) is 0.889. The van der Waals surface area contributed by atoms with E-state index in [1.807, 2.05) is 18.7 Å². The number of likely N-dealkylation sites (tertiary alicyclic amines) is 1. The Morgan fingerprint density at radius 3 is 2.58 bits per heavy atom. The molecular formula is C9H18N2O. The molecule has 12 heavy (non-hydrogen) atoms. The van der Waals surface area contributed by atoms with Gasteiger partial charge in [-0.15, -0.1) is 0 Å². The maximum atomic E-state index is 10.7. The van der Waals surface area contributed by atoms with Crippen LogP contribution in [0.4, 0.5) is 0 Å². The van der Waals surface area contributed by atoms with Crippen LogP contribution in [0.2, 0.25) is 0 Å². The maximum absolute atomic E-state index is 10.7. The highest BCUT2D eigenvalue weighted by Crippen LogP contribution is 2.22. The zero-order valence-electron chi connectivity index (χ0n) is 7.92. The monoisotopic (exact) mass is 170 g/mol. The van der Waals surface area contributed by atoms with Crippen molar-refractivity contribution in [2.45, 2.75) is 44.7 Å². The quantitative estimate of drug-likeness (QED) is 0.621. The average molecular weight is 170 g/mol. The van der Waals surface area contributed by atoms with Crippen molar-refractivity contribution in [3.63, 3.8) is 0 Å². The Morgan fingerprint density at radius 2 is 2.17 bits per heavy atom. The van der Waals surface area contributed by atoms with Gasteiger partial charge in [0.1, 0.15) is 0 Å². The summed E-state index contributed by atoms with van der Waals surface area (Å²) >= 11 is 0. The topological polar surface area (TPSA) is 46.3 Å². The number of hydrogen-bond acceptors (Lipinski definition) is 2. The Hall–Kier alpha value is -0.570. The van der Waals surface area contributed by atoms with Crippen LogP contribution in [0.25, 0.3) is 0 Å². The highest BCUT2D eigenvalue weighted by atomic mass is 16.1. The van der Waals surface area contributed by atoms with Crippen LogP contribution in [0, 0.1) is 0 Å². The minimum atomic E-state index is -0.263. The molecule has 1 unspecified atom stereocenters. The summed E-state index contributed by atoms with van der Waals surface area (Å²) in [5.41, 5.74) is 5.71. The van der Waals surface area contributed by atoms with Crippen molar-refractivity contribution >= 4 is 6.41 Å². The van der Waals surface area contributed by atoms with Crippen molar-refractivity contribution in [3.05, 3.63) is 0 Å². The van der Waals surface area contributed by atoms with E-state index in [4.69, 9.17) is 5.73 Å². The molecule has 1 atom stereocenters. The van der Waals surface area contributed by atoms with Crippen LogP contribution in [0.1, 0.15) is 33.1 Å². The Bertz CT molecular complexity index is 162. The van der Waals surface area contributed by atoms with E-state index in [0.717, 1.165) is 25.8 Å². The fourth-order valence-electron chi connectivity index (χ4n) is 1.88. The lowest BCUT2D eigenvalue weighted by molar-refractivity contribution is -0.122. The first kappa shape index (κ1) is 9.52. The van der Waals surface area contributed by atoms with Crippen molar-refractivity contribution in [3.8, 4) is 0 Å². The molecule has 1 saturated heterocycles. The van der Waals surface area contributed by atoms with Crippen LogP contribution in [-0.4, -0.2) is 29.4 Å². The first-order valence-electron chi connectivity index (χ1n) is 4.55. The average Bonchev–Trinajstić information content (AvgIpc) is 2.03. The van der Waals surface area contributed by atoms with Gasteiger partial charge in [-0.2, -0.15) is 0 Å². The molecule has 3 heteroatoms. The lowest BCUT2D eigenvalue weighted by Gasteiger charge is -2.41. The highest BCUT2D eigenvalue weighted by molar-refractivity contribution is 5.48. The van der Waals surface area contributed by atoms with Gasteiger partial charge in [-0.25, -0.2) is 0 Å². The normalized spacial score (nSPS) is 25.6. The standard InChI is InChI=1S/C9H18N2O/c1-9(2,10)8-5-3-4-6-11(8)7-12/h7-8H,3-6,10H2,1-2H3. The van der Waals surface area contributed by atoms with Crippen molar-refractivity contribution in [2.75, 3.05) is 6.54 Å². The van der Waals surface area contributed by atoms with Crippen LogP contribution in [-0.2, 0) is 4.79 Å². The highest BCUT2D eigenvalue weighted by Gasteiger charge is 2.31. The van der Waals surface area contributed by atoms with E-state index in [1.54, 1.807) is 0 Å². The van der Waals surface area contributed by atoms with Crippen molar-refractivity contribution in [2.24, 2.45) is 5.73 Å². The second kappa shape index (κ2) is 3.44. The Morgan fingerprint density at radius 1 is 1.50 bits per heavy atom. The van der Waals surface area contributed by atoms with Crippen LogP contribution in [0.15, 0.2) is 0 Å². The van der Waals surface area contributed by atoms with Gasteiger partial charge in [0.05, 0.1) is 0 Å². The lowest BCUT2D eigenvalue weighted by atomic mass is 9.87. The first-order valence-corrected chi connectivity index (χ1v) is 4.55. The lowest BCUT2D eigenvalue weighted by Crippen LogP contribution is -2.56. The summed E-state index contributed by atoms with van der Waals surface area (Å²) in [6, 6.07) is 0.226. The predicted octanol–water partition coefficient (Wildman–Crippen LogP) is 0.735. The third-order valence-electron chi connectivity index (χ3n) is 2.54. The molecule has 0 aromatic rings. The minimum Gasteiger partial charge on any atom is -0.340 e. The van der Waals surface area contributed by atoms with E-state index in [9.17, 15) is 4.79 Å². The molecule has 1 aliphatic heterocycles. The van der Waals surface area contributed by atoms with Gasteiger partial charge in [-0.3, -0.25) is 4.79 Å². The zero-order chi connectivity index (χ0) is 9.19. The van der Waals surface area contributed by atoms with Gasteiger partial charge in [0, 0.05) is 18.1 Å². The summed E-state index contributed by atoms with van der Waals surface area (Å²) in [5.74, 6) is 0. The molecule has 1 heterocycles. The van der Waals surface area contributed by atoms with E-state index in [1.165, 1.54) is 6.42 Å². The molecule has 2 N–H and O–H groups in total. The van der Waals surface area contributed by atoms with Gasteiger partial charge in [-0.05, 0) is 33.1 Å². The molecule has 0 aromatic heterocycles. The number of nitrogens with zero attached hydrogens (tertiary/aromatic N) is 1. The summed E-state index contributed by atoms with van der Waals surface area (Å²) in [7, 11) is 0. The molecule has 1 amide bonds. The Balaban J connectivity index is 2.65. The van der Waals surface area contributed by atoms with E-state index >= 15 is 0 Å². The number of amides is 1. The number of carbonyl (C=O) groups is 1. The second-order valence-electron chi connectivity index (χ2n) is 4.18. The van der Waals surface area contributed by atoms with Crippen LogP contribution in [0.3, 0.4) is 0 Å². The summed E-state index contributed by atoms with van der Waals surface area (Å²) in [6.07, 6.45) is 4.28. The van der Waals surface area contributed by atoms with E-state index in [0.29, 0.717) is 0 Å². The summed E-state index contributed by atoms with van der Waals surface area (Å²) in [4.78, 5) is 12.5. The molecule has 1 fully saturated rings. The van der Waals surface area contributed by atoms with Gasteiger partial charge in [0.2, 0.25) is 6.41 Å². The second-order valence-corrected chi connectivity index (χ2v) is 4.18. The number of rotatable bonds is 2. The number of nitrogens with two attached hydrogens (primary N) is 1. The summed E-state index contributed by atoms with van der Waals surface area (Å²) in [6.45, 7) is 4.84. The van der Waals surface area contributed by atoms with Gasteiger partial charge in [-0.1, -0.05) is 0 Å². The molecule has 1 rings (SSSR count). The predicted molar refractivity (Wildman–Crippen MR) is 48.7 cm³/mol. The van der Waals surface area contributed by atoms with Crippen LogP contribution < -0.4 is 5.73 Å². The molecule has 0 bridgehead atoms. The largest absolute Gasteiger partial charge is 0.340 e. The molecule has 0 aromatic carbocycles. The van der Waals surface area contributed by atoms with E-state index < -0.39 is 0 Å². The molecule has 0 spiro atoms. The van der Waals surface area contributed by atoms with Crippen LogP contribution >= 0.6 is 0 Å². The Labute approximate surface area is 73.9 Å². The SMILES string of the molecule is CC(C)(N)C1CCCCN1C=O. The van der Waals surface area contributed by atoms with E-state index in [-0.39, 0.29) is 11.6 Å². The van der Waals surface area contributed by atoms with Crippen LogP contribution in [0.5, 0.6) is 0 Å². The smallest absolute Gasteiger partial charge is 0.210 e. The minimum absolute atomic E-state index is 0.226. The third kappa shape index (κ3) is 1.97. The van der Waals surface area contributed by atoms with Crippen molar-refractivity contribution in [1.82, 2.24) is 4.90 Å². The summed E-state index contributed by atoms with van der Waals surface area (Å²) < 4.78 is 0. The molecule has 0 saturated carbocycles. The molecule has 3 nitrogen and oxygen atoms in total. The molecule has 0 aliphatic carbocycles. The van der Waals surface area contributed by atoms with Gasteiger partial charge in [0.15, 0.2) is 0 Å². The molecule has 70 valence electrons. The first-order chi connectivity index (χ1) is 5.55. The molecule has 1 aliphatic rings. The van der Waals surface area contributed by atoms with E-state index in [2.05, 4.69) is 0 Å². The zero-order valence-corrected chi connectivity index (χ0v) is 7.92. The number of carbonyl (C=O) groups excluding carboxylic acids is 1. The molecule has 0 radical (unpaired) electrons. The summed E-state index contributed by atoms with van der Waals surface area (Å²) in [5, 5.41) is 0.